The van der Waals surface area contributed by atoms with Gasteiger partial charge in [-0.25, -0.2) is 0 Å². The van der Waals surface area contributed by atoms with Crippen molar-refractivity contribution >= 4 is 0 Å². The minimum absolute atomic E-state index is 0. The molecular formula is C13H28O2. The van der Waals surface area contributed by atoms with E-state index in [1.807, 2.05) is 0 Å². The first-order valence-electron chi connectivity index (χ1n) is 5.59. The van der Waals surface area contributed by atoms with Crippen molar-refractivity contribution in [2.45, 2.75) is 66.6 Å². The molecule has 0 heterocycles. The molecule has 0 radical (unpaired) electrons. The van der Waals surface area contributed by atoms with Gasteiger partial charge in [0.1, 0.15) is 0 Å². The Kier molecular flexibility index (Phi) is 5.28. The highest BCUT2D eigenvalue weighted by molar-refractivity contribution is 4.93. The maximum Gasteiger partial charge on any atom is 0.0598 e. The summed E-state index contributed by atoms with van der Waals surface area (Å²) in [4.78, 5) is 0. The van der Waals surface area contributed by atoms with Crippen molar-refractivity contribution in [2.75, 3.05) is 13.2 Å². The molecule has 0 bridgehead atoms. The van der Waals surface area contributed by atoms with Crippen molar-refractivity contribution in [1.82, 2.24) is 0 Å². The lowest BCUT2D eigenvalue weighted by atomic mass is 10.1. The highest BCUT2D eigenvalue weighted by atomic mass is 16.5. The van der Waals surface area contributed by atoms with Gasteiger partial charge in [-0.2, -0.15) is 0 Å². The smallest absolute Gasteiger partial charge is 0.0598 e. The Morgan fingerprint density at radius 3 is 2.00 bits per heavy atom. The van der Waals surface area contributed by atoms with Crippen LogP contribution in [0.5, 0.6) is 0 Å². The van der Waals surface area contributed by atoms with Crippen molar-refractivity contribution in [2.24, 2.45) is 5.41 Å². The van der Waals surface area contributed by atoms with Gasteiger partial charge in [-0.3, -0.25) is 0 Å². The van der Waals surface area contributed by atoms with Gasteiger partial charge in [0.25, 0.3) is 0 Å². The Morgan fingerprint density at radius 2 is 1.67 bits per heavy atom. The number of ether oxygens (including phenoxy) is 2. The summed E-state index contributed by atoms with van der Waals surface area (Å²) in [5.74, 6) is 0. The van der Waals surface area contributed by atoms with Crippen molar-refractivity contribution in [3.8, 4) is 0 Å². The van der Waals surface area contributed by atoms with Crippen molar-refractivity contribution < 1.29 is 9.47 Å². The second kappa shape index (κ2) is 5.31. The summed E-state index contributed by atoms with van der Waals surface area (Å²) >= 11 is 0. The molecule has 0 unspecified atom stereocenters. The van der Waals surface area contributed by atoms with Crippen molar-refractivity contribution in [1.29, 1.82) is 0 Å². The predicted octanol–water partition coefficient (Wildman–Crippen LogP) is 3.64. The Hall–Kier alpha value is -0.0800. The Labute approximate surface area is 95.3 Å². The quantitative estimate of drug-likeness (QED) is 0.698. The fraction of sp³-hybridized carbons (Fsp3) is 1.00. The van der Waals surface area contributed by atoms with Crippen LogP contribution in [0.3, 0.4) is 0 Å². The molecule has 92 valence electrons. The summed E-state index contributed by atoms with van der Waals surface area (Å²) in [6.45, 7) is 12.2. The zero-order valence-electron chi connectivity index (χ0n) is 10.2. The second-order valence-electron chi connectivity index (χ2n) is 5.76. The predicted molar refractivity (Wildman–Crippen MR) is 65.2 cm³/mol. The molecule has 1 aliphatic rings. The van der Waals surface area contributed by atoms with Gasteiger partial charge >= 0.3 is 0 Å². The van der Waals surface area contributed by atoms with Crippen LogP contribution in [0.4, 0.5) is 0 Å². The van der Waals surface area contributed by atoms with Gasteiger partial charge in [-0.15, -0.1) is 0 Å². The van der Waals surface area contributed by atoms with E-state index in [0.717, 1.165) is 13.2 Å². The zero-order valence-corrected chi connectivity index (χ0v) is 10.2. The SMILES string of the molecule is C.CC(C)OCC1(COC(C)(C)C)CC1. The van der Waals surface area contributed by atoms with E-state index in [9.17, 15) is 0 Å². The molecule has 2 heteroatoms. The molecule has 0 aromatic heterocycles. The van der Waals surface area contributed by atoms with Gasteiger partial charge in [0.05, 0.1) is 24.9 Å². The Balaban J connectivity index is 0.00000196. The molecule has 0 aromatic rings. The zero-order chi connectivity index (χ0) is 10.8. The molecule has 0 N–H and O–H groups in total. The molecule has 1 fully saturated rings. The van der Waals surface area contributed by atoms with E-state index >= 15 is 0 Å². The molecule has 1 aliphatic carbocycles. The van der Waals surface area contributed by atoms with E-state index in [0.29, 0.717) is 11.5 Å². The molecule has 0 atom stereocenters. The van der Waals surface area contributed by atoms with Crippen LogP contribution in [0.1, 0.15) is 54.9 Å². The largest absolute Gasteiger partial charge is 0.378 e. The molecule has 0 saturated heterocycles. The lowest BCUT2D eigenvalue weighted by Crippen LogP contribution is -2.27. The lowest BCUT2D eigenvalue weighted by molar-refractivity contribution is -0.0541. The van der Waals surface area contributed by atoms with E-state index in [1.165, 1.54) is 12.8 Å². The number of hydrogen-bond acceptors (Lipinski definition) is 2. The average molecular weight is 216 g/mol. The van der Waals surface area contributed by atoms with Crippen LogP contribution < -0.4 is 0 Å². The van der Waals surface area contributed by atoms with Crippen LogP contribution in [-0.4, -0.2) is 24.9 Å². The lowest BCUT2D eigenvalue weighted by Gasteiger charge is -2.24. The number of rotatable bonds is 5. The van der Waals surface area contributed by atoms with E-state index in [1.54, 1.807) is 0 Å². The second-order valence-corrected chi connectivity index (χ2v) is 5.76. The Morgan fingerprint density at radius 1 is 1.13 bits per heavy atom. The number of hydrogen-bond donors (Lipinski definition) is 0. The first-order chi connectivity index (χ1) is 6.33. The first-order valence-corrected chi connectivity index (χ1v) is 5.59. The normalized spacial score (nSPS) is 18.8. The standard InChI is InChI=1S/C12H24O2.CH4/c1-10(2)13-8-12(6-7-12)9-14-11(3,4)5;/h10H,6-9H2,1-5H3;1H4. The van der Waals surface area contributed by atoms with Gasteiger partial charge in [0.2, 0.25) is 0 Å². The molecule has 15 heavy (non-hydrogen) atoms. The summed E-state index contributed by atoms with van der Waals surface area (Å²) in [5, 5.41) is 0. The molecule has 0 aliphatic heterocycles. The van der Waals surface area contributed by atoms with Crippen molar-refractivity contribution in [3.05, 3.63) is 0 Å². The van der Waals surface area contributed by atoms with Crippen LogP contribution in [0, 0.1) is 5.41 Å². The molecule has 0 amide bonds. The van der Waals surface area contributed by atoms with Crippen LogP contribution in [0.2, 0.25) is 0 Å². The molecular weight excluding hydrogens is 188 g/mol. The Bertz CT molecular complexity index is 175. The molecule has 0 spiro atoms. The average Bonchev–Trinajstić information content (AvgIpc) is 2.77. The minimum Gasteiger partial charge on any atom is -0.378 e. The van der Waals surface area contributed by atoms with Crippen LogP contribution in [-0.2, 0) is 9.47 Å². The van der Waals surface area contributed by atoms with E-state index < -0.39 is 0 Å². The summed E-state index contributed by atoms with van der Waals surface area (Å²) in [6, 6.07) is 0. The maximum atomic E-state index is 5.81. The van der Waals surface area contributed by atoms with Crippen LogP contribution in [0.25, 0.3) is 0 Å². The highest BCUT2D eigenvalue weighted by Crippen LogP contribution is 2.46. The van der Waals surface area contributed by atoms with Gasteiger partial charge < -0.3 is 9.47 Å². The third-order valence-electron chi connectivity index (χ3n) is 2.49. The summed E-state index contributed by atoms with van der Waals surface area (Å²) in [5.41, 5.74) is 0.324. The van der Waals surface area contributed by atoms with Crippen LogP contribution in [0.15, 0.2) is 0 Å². The van der Waals surface area contributed by atoms with E-state index in [-0.39, 0.29) is 13.0 Å². The first kappa shape index (κ1) is 14.9. The van der Waals surface area contributed by atoms with Gasteiger partial charge in [0, 0.05) is 5.41 Å². The third-order valence-corrected chi connectivity index (χ3v) is 2.49. The van der Waals surface area contributed by atoms with Gasteiger partial charge in [0.15, 0.2) is 0 Å². The van der Waals surface area contributed by atoms with Gasteiger partial charge in [-0.05, 0) is 47.5 Å². The van der Waals surface area contributed by atoms with Crippen LogP contribution >= 0.6 is 0 Å². The summed E-state index contributed by atoms with van der Waals surface area (Å²) < 4.78 is 11.5. The van der Waals surface area contributed by atoms with E-state index in [2.05, 4.69) is 34.6 Å². The molecule has 1 saturated carbocycles. The summed E-state index contributed by atoms with van der Waals surface area (Å²) in [6.07, 6.45) is 2.85. The molecule has 0 aromatic carbocycles. The third kappa shape index (κ3) is 6.16. The van der Waals surface area contributed by atoms with E-state index in [4.69, 9.17) is 9.47 Å². The summed E-state index contributed by atoms with van der Waals surface area (Å²) in [7, 11) is 0. The monoisotopic (exact) mass is 216 g/mol. The molecule has 2 nitrogen and oxygen atoms in total. The van der Waals surface area contributed by atoms with Crippen molar-refractivity contribution in [3.63, 3.8) is 0 Å². The fourth-order valence-electron chi connectivity index (χ4n) is 1.22. The molecule has 1 rings (SSSR count). The van der Waals surface area contributed by atoms with Gasteiger partial charge in [-0.1, -0.05) is 7.43 Å². The maximum absolute atomic E-state index is 5.81. The minimum atomic E-state index is -0.0204. The fourth-order valence-corrected chi connectivity index (χ4v) is 1.22. The topological polar surface area (TPSA) is 18.5 Å². The highest BCUT2D eigenvalue weighted by Gasteiger charge is 2.44.